The number of rotatable bonds is 9. The number of carbonyl (C=O) groups is 2. The molecule has 0 radical (unpaired) electrons. The van der Waals surface area contributed by atoms with Crippen LogP contribution >= 0.6 is 0 Å². The fourth-order valence-electron chi connectivity index (χ4n) is 4.94. The van der Waals surface area contributed by atoms with Crippen molar-refractivity contribution >= 4 is 11.9 Å². The summed E-state index contributed by atoms with van der Waals surface area (Å²) >= 11 is 0. The van der Waals surface area contributed by atoms with Gasteiger partial charge in [-0.1, -0.05) is 18.2 Å². The minimum atomic E-state index is -0.749. The van der Waals surface area contributed by atoms with Crippen molar-refractivity contribution in [2.45, 2.75) is 31.3 Å². The fraction of sp³-hybridized carbons (Fsp3) is 0.500. The van der Waals surface area contributed by atoms with Gasteiger partial charge < -0.3 is 14.5 Å². The molecule has 0 N–H and O–H groups in total. The highest BCUT2D eigenvalue weighted by Crippen LogP contribution is 2.37. The molecule has 0 atom stereocenters. The molecule has 1 spiro atoms. The monoisotopic (exact) mass is 465 g/mol. The summed E-state index contributed by atoms with van der Waals surface area (Å²) in [6, 6.07) is 11.8. The van der Waals surface area contributed by atoms with Crippen LogP contribution in [0, 0.1) is 0 Å². The van der Waals surface area contributed by atoms with Gasteiger partial charge in [-0.2, -0.15) is 0 Å². The largest absolute Gasteiger partial charge is 0.497 e. The molecule has 2 fully saturated rings. The van der Waals surface area contributed by atoms with Crippen molar-refractivity contribution < 1.29 is 14.3 Å². The molecule has 34 heavy (non-hydrogen) atoms. The van der Waals surface area contributed by atoms with E-state index < -0.39 is 5.54 Å². The van der Waals surface area contributed by atoms with E-state index in [-0.39, 0.29) is 11.9 Å². The number of piperidine rings is 1. The van der Waals surface area contributed by atoms with Gasteiger partial charge in [-0.25, -0.2) is 4.79 Å². The molecule has 8 heteroatoms. The number of methoxy groups -OCH3 is 1. The first-order chi connectivity index (χ1) is 16.4. The number of imide groups is 1. The van der Waals surface area contributed by atoms with Gasteiger partial charge in [-0.15, -0.1) is 0 Å². The van der Waals surface area contributed by atoms with Crippen LogP contribution < -0.4 is 4.74 Å². The third-order valence-corrected chi connectivity index (χ3v) is 6.99. The average molecular weight is 466 g/mol. The number of hydrogen-bond acceptors (Lipinski definition) is 6. The number of carbonyl (C=O) groups excluding carboxylic acids is 2. The Morgan fingerprint density at radius 1 is 1.03 bits per heavy atom. The molecular formula is C26H35N5O3. The summed E-state index contributed by atoms with van der Waals surface area (Å²) in [5.41, 5.74) is 1.54. The van der Waals surface area contributed by atoms with Crippen molar-refractivity contribution in [2.24, 2.45) is 0 Å². The van der Waals surface area contributed by atoms with Gasteiger partial charge in [0.25, 0.3) is 5.91 Å². The van der Waals surface area contributed by atoms with Crippen molar-refractivity contribution in [1.29, 1.82) is 0 Å². The molecular weight excluding hydrogens is 430 g/mol. The van der Waals surface area contributed by atoms with E-state index >= 15 is 0 Å². The lowest BCUT2D eigenvalue weighted by Gasteiger charge is -2.42. The van der Waals surface area contributed by atoms with Crippen molar-refractivity contribution in [2.75, 3.05) is 53.9 Å². The Balaban J connectivity index is 1.49. The molecule has 3 heterocycles. The maximum Gasteiger partial charge on any atom is 0.327 e. The molecule has 3 amide bonds. The Morgan fingerprint density at radius 3 is 2.38 bits per heavy atom. The zero-order valence-electron chi connectivity index (χ0n) is 20.4. The van der Waals surface area contributed by atoms with Crippen LogP contribution in [0.3, 0.4) is 0 Å². The molecule has 2 saturated heterocycles. The van der Waals surface area contributed by atoms with Crippen molar-refractivity contribution in [1.82, 2.24) is 24.6 Å². The highest BCUT2D eigenvalue weighted by atomic mass is 16.5. The second-order valence-electron chi connectivity index (χ2n) is 9.46. The number of ether oxygens (including phenoxy) is 1. The lowest BCUT2D eigenvalue weighted by atomic mass is 9.85. The molecule has 1 aromatic carbocycles. The van der Waals surface area contributed by atoms with Crippen LogP contribution in [-0.4, -0.2) is 96.0 Å². The number of aromatic nitrogens is 1. The SMILES string of the molecule is COc1ccc(CCN2C(=O)N(CCN(C)C)C(=O)C23CCN(Cc2cccnc2)CC3)cc1. The first-order valence-electron chi connectivity index (χ1n) is 12.0. The average Bonchev–Trinajstić information content (AvgIpc) is 3.04. The van der Waals surface area contributed by atoms with E-state index in [1.807, 2.05) is 60.4 Å². The molecule has 4 rings (SSSR count). The Hall–Kier alpha value is -2.97. The van der Waals surface area contributed by atoms with Gasteiger partial charge in [0.2, 0.25) is 0 Å². The minimum Gasteiger partial charge on any atom is -0.497 e. The second-order valence-corrected chi connectivity index (χ2v) is 9.46. The van der Waals surface area contributed by atoms with Gasteiger partial charge in [0.05, 0.1) is 7.11 Å². The topological polar surface area (TPSA) is 69.2 Å². The Kier molecular flexibility index (Phi) is 7.48. The Bertz CT molecular complexity index is 972. The van der Waals surface area contributed by atoms with E-state index in [1.54, 1.807) is 13.3 Å². The van der Waals surface area contributed by atoms with Gasteiger partial charge in [0, 0.05) is 51.7 Å². The number of pyridine rings is 1. The van der Waals surface area contributed by atoms with Gasteiger partial charge in [0.15, 0.2) is 0 Å². The first-order valence-corrected chi connectivity index (χ1v) is 12.0. The maximum atomic E-state index is 13.7. The zero-order valence-corrected chi connectivity index (χ0v) is 20.4. The summed E-state index contributed by atoms with van der Waals surface area (Å²) in [6.07, 6.45) is 5.67. The van der Waals surface area contributed by atoms with Crippen LogP contribution in [0.2, 0.25) is 0 Å². The van der Waals surface area contributed by atoms with E-state index in [4.69, 9.17) is 4.74 Å². The quantitative estimate of drug-likeness (QED) is 0.530. The molecule has 0 unspecified atom stereocenters. The zero-order chi connectivity index (χ0) is 24.1. The lowest BCUT2D eigenvalue weighted by molar-refractivity contribution is -0.135. The molecule has 0 saturated carbocycles. The van der Waals surface area contributed by atoms with E-state index in [0.29, 0.717) is 38.9 Å². The van der Waals surface area contributed by atoms with Crippen LogP contribution in [0.15, 0.2) is 48.8 Å². The first kappa shape index (κ1) is 24.2. The number of likely N-dealkylation sites (N-methyl/N-ethyl adjacent to an activating group) is 1. The summed E-state index contributed by atoms with van der Waals surface area (Å²) in [6.45, 7) is 3.96. The molecule has 182 valence electrons. The van der Waals surface area contributed by atoms with Crippen LogP contribution in [0.4, 0.5) is 4.79 Å². The predicted molar refractivity (Wildman–Crippen MR) is 131 cm³/mol. The van der Waals surface area contributed by atoms with Crippen LogP contribution in [0.1, 0.15) is 24.0 Å². The van der Waals surface area contributed by atoms with Crippen LogP contribution in [0.25, 0.3) is 0 Å². The third-order valence-electron chi connectivity index (χ3n) is 6.99. The Morgan fingerprint density at radius 2 is 1.76 bits per heavy atom. The van der Waals surface area contributed by atoms with Crippen LogP contribution in [0.5, 0.6) is 5.75 Å². The van der Waals surface area contributed by atoms with Gasteiger partial charge in [0.1, 0.15) is 11.3 Å². The number of benzene rings is 1. The standard InChI is InChI=1S/C26H35N5O3/c1-28(2)17-18-30-24(32)26(11-15-29(16-12-26)20-22-5-4-13-27-19-22)31(25(30)33)14-10-21-6-8-23(34-3)9-7-21/h4-9,13,19H,10-12,14-18,20H2,1-3H3. The highest BCUT2D eigenvalue weighted by Gasteiger charge is 2.57. The lowest BCUT2D eigenvalue weighted by Crippen LogP contribution is -2.56. The van der Waals surface area contributed by atoms with Crippen molar-refractivity contribution in [3.63, 3.8) is 0 Å². The predicted octanol–water partition coefficient (Wildman–Crippen LogP) is 2.49. The van der Waals surface area contributed by atoms with Gasteiger partial charge in [-0.3, -0.25) is 19.6 Å². The maximum absolute atomic E-state index is 13.7. The summed E-state index contributed by atoms with van der Waals surface area (Å²) in [5, 5.41) is 0. The van der Waals surface area contributed by atoms with Gasteiger partial charge in [-0.05, 0) is 62.7 Å². The number of urea groups is 1. The Labute approximate surface area is 202 Å². The third kappa shape index (κ3) is 5.08. The van der Waals surface area contributed by atoms with E-state index in [9.17, 15) is 9.59 Å². The normalized spacial score (nSPS) is 18.4. The number of nitrogens with zero attached hydrogens (tertiary/aromatic N) is 5. The molecule has 2 aromatic rings. The number of hydrogen-bond donors (Lipinski definition) is 0. The minimum absolute atomic E-state index is 0.0323. The van der Waals surface area contributed by atoms with E-state index in [2.05, 4.69) is 16.0 Å². The summed E-state index contributed by atoms with van der Waals surface area (Å²) in [5.74, 6) is 0.776. The fourth-order valence-corrected chi connectivity index (χ4v) is 4.94. The highest BCUT2D eigenvalue weighted by molar-refractivity contribution is 6.07. The number of amides is 3. The van der Waals surface area contributed by atoms with Gasteiger partial charge >= 0.3 is 6.03 Å². The summed E-state index contributed by atoms with van der Waals surface area (Å²) in [4.78, 5) is 39.0. The van der Waals surface area contributed by atoms with Crippen LogP contribution in [-0.2, 0) is 17.8 Å². The molecule has 8 nitrogen and oxygen atoms in total. The van der Waals surface area contributed by atoms with E-state index in [1.165, 1.54) is 4.90 Å². The molecule has 0 bridgehead atoms. The molecule has 2 aliphatic rings. The van der Waals surface area contributed by atoms with E-state index in [0.717, 1.165) is 36.5 Å². The van der Waals surface area contributed by atoms with Crippen molar-refractivity contribution in [3.05, 3.63) is 59.9 Å². The molecule has 0 aliphatic carbocycles. The second kappa shape index (κ2) is 10.5. The van der Waals surface area contributed by atoms with Crippen molar-refractivity contribution in [3.8, 4) is 5.75 Å². The molecule has 1 aromatic heterocycles. The number of likely N-dealkylation sites (tertiary alicyclic amines) is 1. The summed E-state index contributed by atoms with van der Waals surface area (Å²) in [7, 11) is 5.56. The summed E-state index contributed by atoms with van der Waals surface area (Å²) < 4.78 is 5.25. The molecule has 2 aliphatic heterocycles. The smallest absolute Gasteiger partial charge is 0.327 e.